The van der Waals surface area contributed by atoms with E-state index >= 15 is 0 Å². The number of rotatable bonds is 10. The Hall–Kier alpha value is -2.53. The zero-order chi connectivity index (χ0) is 22.2. The second-order valence-electron chi connectivity index (χ2n) is 8.28. The maximum atomic E-state index is 12.7. The zero-order valence-corrected chi connectivity index (χ0v) is 19.5. The van der Waals surface area contributed by atoms with Crippen LogP contribution in [0.15, 0.2) is 48.5 Å². The molecular weight excluding hydrogens is 386 g/mol. The number of hydrogen-bond donors (Lipinski definition) is 0. The molecule has 5 heteroatoms. The highest BCUT2D eigenvalue weighted by atomic mass is 16.5. The van der Waals surface area contributed by atoms with Gasteiger partial charge in [-0.2, -0.15) is 0 Å². The van der Waals surface area contributed by atoms with Gasteiger partial charge in [0.05, 0.1) is 7.11 Å². The number of carbonyl (C=O) groups is 1. The Morgan fingerprint density at radius 3 is 2.32 bits per heavy atom. The quantitative estimate of drug-likeness (QED) is 0.527. The standard InChI is InChI=1S/C26H37N3O2/c1-5-28(6-2)26(30)22-12-14-23(15-13-22)29(24-10-9-11-25(20-24)31-4)21(3)16-19-27-17-7-8-18-27/h9-15,20-21H,5-8,16-19H2,1-4H3. The summed E-state index contributed by atoms with van der Waals surface area (Å²) in [7, 11) is 1.70. The Balaban J connectivity index is 1.85. The summed E-state index contributed by atoms with van der Waals surface area (Å²) in [6, 6.07) is 16.6. The van der Waals surface area contributed by atoms with E-state index in [1.54, 1.807) is 7.11 Å². The van der Waals surface area contributed by atoms with E-state index in [9.17, 15) is 4.79 Å². The second-order valence-corrected chi connectivity index (χ2v) is 8.28. The Labute approximate surface area is 187 Å². The van der Waals surface area contributed by atoms with Crippen molar-refractivity contribution < 1.29 is 9.53 Å². The van der Waals surface area contributed by atoms with Gasteiger partial charge in [-0.3, -0.25) is 4.79 Å². The van der Waals surface area contributed by atoms with Crippen molar-refractivity contribution in [3.63, 3.8) is 0 Å². The van der Waals surface area contributed by atoms with Crippen LogP contribution >= 0.6 is 0 Å². The largest absolute Gasteiger partial charge is 0.497 e. The number of carbonyl (C=O) groups excluding carboxylic acids is 1. The van der Waals surface area contributed by atoms with E-state index in [0.29, 0.717) is 6.04 Å². The third kappa shape index (κ3) is 5.79. The van der Waals surface area contributed by atoms with Crippen LogP contribution in [0.1, 0.15) is 50.4 Å². The van der Waals surface area contributed by atoms with Crippen molar-refractivity contribution in [1.29, 1.82) is 0 Å². The highest BCUT2D eigenvalue weighted by Gasteiger charge is 2.21. The molecule has 0 bridgehead atoms. The highest BCUT2D eigenvalue weighted by molar-refractivity contribution is 5.94. The number of likely N-dealkylation sites (tertiary alicyclic amines) is 1. The molecule has 0 N–H and O–H groups in total. The molecule has 0 spiro atoms. The summed E-state index contributed by atoms with van der Waals surface area (Å²) in [5.41, 5.74) is 2.94. The van der Waals surface area contributed by atoms with Gasteiger partial charge in [0.25, 0.3) is 5.91 Å². The number of methoxy groups -OCH3 is 1. The van der Waals surface area contributed by atoms with Crippen LogP contribution in [0.25, 0.3) is 0 Å². The van der Waals surface area contributed by atoms with Gasteiger partial charge in [0.1, 0.15) is 5.75 Å². The van der Waals surface area contributed by atoms with Gasteiger partial charge in [0.2, 0.25) is 0 Å². The molecule has 1 aliphatic heterocycles. The average molecular weight is 424 g/mol. The lowest BCUT2D eigenvalue weighted by molar-refractivity contribution is 0.0773. The van der Waals surface area contributed by atoms with E-state index in [-0.39, 0.29) is 5.91 Å². The number of nitrogens with zero attached hydrogens (tertiary/aromatic N) is 3. The zero-order valence-electron chi connectivity index (χ0n) is 19.5. The van der Waals surface area contributed by atoms with Crippen LogP contribution < -0.4 is 9.64 Å². The van der Waals surface area contributed by atoms with E-state index in [2.05, 4.69) is 41.0 Å². The molecule has 0 radical (unpaired) electrons. The third-order valence-electron chi connectivity index (χ3n) is 6.28. The van der Waals surface area contributed by atoms with Crippen LogP contribution in [0.3, 0.4) is 0 Å². The van der Waals surface area contributed by atoms with Gasteiger partial charge in [-0.1, -0.05) is 6.07 Å². The Kier molecular flexibility index (Phi) is 8.35. The fourth-order valence-electron chi connectivity index (χ4n) is 4.38. The Morgan fingerprint density at radius 1 is 1.03 bits per heavy atom. The molecule has 1 atom stereocenters. The minimum atomic E-state index is 0.0894. The van der Waals surface area contributed by atoms with Gasteiger partial charge in [0, 0.05) is 48.7 Å². The van der Waals surface area contributed by atoms with E-state index in [1.807, 2.05) is 43.0 Å². The number of benzene rings is 2. The van der Waals surface area contributed by atoms with E-state index < -0.39 is 0 Å². The van der Waals surface area contributed by atoms with Gasteiger partial charge < -0.3 is 19.4 Å². The molecule has 1 saturated heterocycles. The van der Waals surface area contributed by atoms with Crippen molar-refractivity contribution in [2.45, 2.75) is 46.1 Å². The molecule has 5 nitrogen and oxygen atoms in total. The van der Waals surface area contributed by atoms with Crippen LogP contribution in [0.5, 0.6) is 5.75 Å². The lowest BCUT2D eigenvalue weighted by Gasteiger charge is -2.33. The summed E-state index contributed by atoms with van der Waals surface area (Å²) in [5.74, 6) is 0.939. The van der Waals surface area contributed by atoms with Crippen LogP contribution in [0.2, 0.25) is 0 Å². The SMILES string of the molecule is CCN(CC)C(=O)c1ccc(N(c2cccc(OC)c2)C(C)CCN2CCCC2)cc1. The molecule has 1 unspecified atom stereocenters. The normalized spacial score (nSPS) is 15.0. The van der Waals surface area contributed by atoms with Gasteiger partial charge >= 0.3 is 0 Å². The first-order valence-corrected chi connectivity index (χ1v) is 11.6. The lowest BCUT2D eigenvalue weighted by atomic mass is 10.1. The van der Waals surface area contributed by atoms with Crippen molar-refractivity contribution in [1.82, 2.24) is 9.80 Å². The molecule has 0 aliphatic carbocycles. The smallest absolute Gasteiger partial charge is 0.253 e. The molecule has 0 saturated carbocycles. The summed E-state index contributed by atoms with van der Waals surface area (Å²) in [4.78, 5) is 19.5. The first-order chi connectivity index (χ1) is 15.1. The molecule has 1 heterocycles. The molecule has 1 aliphatic rings. The maximum Gasteiger partial charge on any atom is 0.253 e. The van der Waals surface area contributed by atoms with E-state index in [4.69, 9.17) is 4.74 Å². The number of ether oxygens (including phenoxy) is 1. The van der Waals surface area contributed by atoms with Crippen LogP contribution in [0, 0.1) is 0 Å². The van der Waals surface area contributed by atoms with Crippen molar-refractivity contribution in [2.75, 3.05) is 44.7 Å². The van der Waals surface area contributed by atoms with Crippen molar-refractivity contribution in [2.24, 2.45) is 0 Å². The summed E-state index contributed by atoms with van der Waals surface area (Å²) >= 11 is 0. The van der Waals surface area contributed by atoms with Crippen LogP contribution in [-0.2, 0) is 0 Å². The van der Waals surface area contributed by atoms with Crippen molar-refractivity contribution >= 4 is 17.3 Å². The Morgan fingerprint density at radius 2 is 1.71 bits per heavy atom. The predicted octanol–water partition coefficient (Wildman–Crippen LogP) is 5.19. The molecular formula is C26H37N3O2. The Bertz CT molecular complexity index is 827. The highest BCUT2D eigenvalue weighted by Crippen LogP contribution is 2.32. The van der Waals surface area contributed by atoms with Gasteiger partial charge in [-0.25, -0.2) is 0 Å². The van der Waals surface area contributed by atoms with E-state index in [0.717, 1.165) is 48.7 Å². The number of anilines is 2. The first kappa shape index (κ1) is 23.1. The molecule has 31 heavy (non-hydrogen) atoms. The summed E-state index contributed by atoms with van der Waals surface area (Å²) < 4.78 is 5.48. The van der Waals surface area contributed by atoms with Crippen molar-refractivity contribution in [3.8, 4) is 5.75 Å². The monoisotopic (exact) mass is 423 g/mol. The molecule has 1 amide bonds. The summed E-state index contributed by atoms with van der Waals surface area (Å²) in [5, 5.41) is 0. The lowest BCUT2D eigenvalue weighted by Crippen LogP contribution is -2.33. The van der Waals surface area contributed by atoms with Gasteiger partial charge in [-0.15, -0.1) is 0 Å². The van der Waals surface area contributed by atoms with E-state index in [1.165, 1.54) is 25.9 Å². The average Bonchev–Trinajstić information content (AvgIpc) is 3.33. The van der Waals surface area contributed by atoms with Gasteiger partial charge in [0.15, 0.2) is 0 Å². The van der Waals surface area contributed by atoms with Gasteiger partial charge in [-0.05, 0) is 89.5 Å². The molecule has 1 fully saturated rings. The van der Waals surface area contributed by atoms with Crippen LogP contribution in [0.4, 0.5) is 11.4 Å². The summed E-state index contributed by atoms with van der Waals surface area (Å²) in [6.45, 7) is 11.3. The second kappa shape index (κ2) is 11.2. The van der Waals surface area contributed by atoms with Crippen LogP contribution in [-0.4, -0.2) is 61.6 Å². The molecule has 2 aromatic carbocycles. The predicted molar refractivity (Wildman–Crippen MR) is 129 cm³/mol. The molecule has 3 rings (SSSR count). The first-order valence-electron chi connectivity index (χ1n) is 11.6. The fourth-order valence-corrected chi connectivity index (χ4v) is 4.38. The number of hydrogen-bond acceptors (Lipinski definition) is 4. The fraction of sp³-hybridized carbons (Fsp3) is 0.500. The third-order valence-corrected chi connectivity index (χ3v) is 6.28. The maximum absolute atomic E-state index is 12.7. The molecule has 168 valence electrons. The molecule has 2 aromatic rings. The van der Waals surface area contributed by atoms with Crippen molar-refractivity contribution in [3.05, 3.63) is 54.1 Å². The minimum absolute atomic E-state index is 0.0894. The molecule has 0 aromatic heterocycles. The minimum Gasteiger partial charge on any atom is -0.497 e. The summed E-state index contributed by atoms with van der Waals surface area (Å²) in [6.07, 6.45) is 3.71. The number of amides is 1. The topological polar surface area (TPSA) is 36.0 Å².